The minimum atomic E-state index is -0.399. The van der Waals surface area contributed by atoms with E-state index in [0.29, 0.717) is 31.4 Å². The van der Waals surface area contributed by atoms with E-state index in [0.717, 1.165) is 30.7 Å². The van der Waals surface area contributed by atoms with E-state index >= 15 is 0 Å². The van der Waals surface area contributed by atoms with Crippen LogP contribution < -0.4 is 20.5 Å². The predicted octanol–water partition coefficient (Wildman–Crippen LogP) is 2.16. The second-order valence-corrected chi connectivity index (χ2v) is 6.16. The van der Waals surface area contributed by atoms with E-state index in [4.69, 9.17) is 15.2 Å². The van der Waals surface area contributed by atoms with Gasteiger partial charge in [0, 0.05) is 24.7 Å². The first-order chi connectivity index (χ1) is 10.1. The second-order valence-electron chi connectivity index (χ2n) is 6.16. The molecular weight excluding hydrogens is 268 g/mol. The van der Waals surface area contributed by atoms with Crippen molar-refractivity contribution in [2.24, 2.45) is 17.1 Å². The van der Waals surface area contributed by atoms with Gasteiger partial charge in [-0.2, -0.15) is 0 Å². The third-order valence-corrected chi connectivity index (χ3v) is 4.36. The highest BCUT2D eigenvalue weighted by atomic mass is 16.5. The molecule has 1 fully saturated rings. The fourth-order valence-corrected chi connectivity index (χ4v) is 3.22. The van der Waals surface area contributed by atoms with Crippen molar-refractivity contribution in [2.75, 3.05) is 25.1 Å². The lowest BCUT2D eigenvalue weighted by Gasteiger charge is -2.44. The van der Waals surface area contributed by atoms with E-state index in [-0.39, 0.29) is 5.91 Å². The number of nitrogens with two attached hydrogens (primary N) is 1. The summed E-state index contributed by atoms with van der Waals surface area (Å²) in [5.41, 5.74) is 6.15. The van der Waals surface area contributed by atoms with Crippen molar-refractivity contribution in [3.05, 3.63) is 18.2 Å². The first-order valence-electron chi connectivity index (χ1n) is 7.54. The average Bonchev–Trinajstić information content (AvgIpc) is 2.68. The van der Waals surface area contributed by atoms with Crippen LogP contribution in [0, 0.1) is 11.3 Å². The van der Waals surface area contributed by atoms with E-state index in [9.17, 15) is 4.79 Å². The molecular formula is C16H22N2O3. The molecule has 1 saturated carbocycles. The summed E-state index contributed by atoms with van der Waals surface area (Å²) in [5, 5.41) is 2.97. The lowest BCUT2D eigenvalue weighted by atomic mass is 9.62. The van der Waals surface area contributed by atoms with E-state index in [2.05, 4.69) is 12.2 Å². The number of anilines is 1. The normalized spacial score (nSPS) is 27.4. The van der Waals surface area contributed by atoms with Gasteiger partial charge in [0.1, 0.15) is 0 Å². The molecule has 114 valence electrons. The topological polar surface area (TPSA) is 73.6 Å². The summed E-state index contributed by atoms with van der Waals surface area (Å²) in [7, 11) is 0. The molecule has 3 N–H and O–H groups in total. The number of ether oxygens (including phenoxy) is 2. The Morgan fingerprint density at radius 1 is 1.33 bits per heavy atom. The van der Waals surface area contributed by atoms with Crippen molar-refractivity contribution in [1.29, 1.82) is 0 Å². The minimum Gasteiger partial charge on any atom is -0.490 e. The maximum atomic E-state index is 12.5. The Morgan fingerprint density at radius 2 is 2.05 bits per heavy atom. The molecule has 1 aliphatic carbocycles. The average molecular weight is 290 g/mol. The molecule has 1 heterocycles. The SMILES string of the molecule is CC1CC(CN)(C(=O)Nc2ccc3c(c2)OCCCO3)C1. The third kappa shape index (κ3) is 2.70. The monoisotopic (exact) mass is 290 g/mol. The van der Waals surface area contributed by atoms with Crippen LogP contribution in [0.2, 0.25) is 0 Å². The summed E-state index contributed by atoms with van der Waals surface area (Å²) in [4.78, 5) is 12.5. The van der Waals surface area contributed by atoms with Crippen molar-refractivity contribution in [2.45, 2.75) is 26.2 Å². The number of fused-ring (bicyclic) bond motifs is 1. The Morgan fingerprint density at radius 3 is 2.71 bits per heavy atom. The van der Waals surface area contributed by atoms with Crippen LogP contribution in [0.1, 0.15) is 26.2 Å². The van der Waals surface area contributed by atoms with Gasteiger partial charge in [0.05, 0.1) is 18.6 Å². The summed E-state index contributed by atoms with van der Waals surface area (Å²) < 4.78 is 11.2. The van der Waals surface area contributed by atoms with E-state index < -0.39 is 5.41 Å². The van der Waals surface area contributed by atoms with Gasteiger partial charge in [0.25, 0.3) is 0 Å². The Hall–Kier alpha value is -1.75. The van der Waals surface area contributed by atoms with Gasteiger partial charge in [-0.05, 0) is 30.9 Å². The summed E-state index contributed by atoms with van der Waals surface area (Å²) in [5.74, 6) is 2.01. The molecule has 0 unspecified atom stereocenters. The van der Waals surface area contributed by atoms with Crippen LogP contribution in [0.15, 0.2) is 18.2 Å². The summed E-state index contributed by atoms with van der Waals surface area (Å²) in [6.45, 7) is 3.84. The van der Waals surface area contributed by atoms with Gasteiger partial charge in [-0.3, -0.25) is 4.79 Å². The predicted molar refractivity (Wildman–Crippen MR) is 80.6 cm³/mol. The molecule has 0 spiro atoms. The number of nitrogens with one attached hydrogen (secondary N) is 1. The van der Waals surface area contributed by atoms with Crippen LogP contribution in [0.5, 0.6) is 11.5 Å². The highest BCUT2D eigenvalue weighted by Gasteiger charge is 2.47. The molecule has 1 amide bonds. The molecule has 0 bridgehead atoms. The lowest BCUT2D eigenvalue weighted by Crippen LogP contribution is -2.51. The van der Waals surface area contributed by atoms with Crippen molar-refractivity contribution in [3.63, 3.8) is 0 Å². The minimum absolute atomic E-state index is 0.0117. The molecule has 1 aliphatic heterocycles. The van der Waals surface area contributed by atoms with Gasteiger partial charge < -0.3 is 20.5 Å². The molecule has 0 radical (unpaired) electrons. The molecule has 2 aliphatic rings. The fourth-order valence-electron chi connectivity index (χ4n) is 3.22. The maximum Gasteiger partial charge on any atom is 0.231 e. The first-order valence-corrected chi connectivity index (χ1v) is 7.54. The highest BCUT2D eigenvalue weighted by Crippen LogP contribution is 2.45. The van der Waals surface area contributed by atoms with Crippen LogP contribution in [0.3, 0.4) is 0 Å². The van der Waals surface area contributed by atoms with Crippen molar-refractivity contribution in [1.82, 2.24) is 0 Å². The Balaban J connectivity index is 1.73. The zero-order chi connectivity index (χ0) is 14.9. The van der Waals surface area contributed by atoms with E-state index in [1.807, 2.05) is 18.2 Å². The zero-order valence-corrected chi connectivity index (χ0v) is 12.4. The third-order valence-electron chi connectivity index (χ3n) is 4.36. The standard InChI is InChI=1S/C16H22N2O3/c1-11-8-16(9-11,10-17)15(19)18-12-3-4-13-14(7-12)21-6-2-5-20-13/h3-4,7,11H,2,5-6,8-10,17H2,1H3,(H,18,19). The summed E-state index contributed by atoms with van der Waals surface area (Å²) in [6, 6.07) is 5.51. The van der Waals surface area contributed by atoms with Crippen molar-refractivity contribution >= 4 is 11.6 Å². The summed E-state index contributed by atoms with van der Waals surface area (Å²) in [6.07, 6.45) is 2.59. The Kier molecular flexibility index (Phi) is 3.76. The Bertz CT molecular complexity index is 538. The largest absolute Gasteiger partial charge is 0.490 e. The van der Waals surface area contributed by atoms with Crippen LogP contribution in [0.25, 0.3) is 0 Å². The number of carbonyl (C=O) groups excluding carboxylic acids is 1. The molecule has 5 heteroatoms. The van der Waals surface area contributed by atoms with Gasteiger partial charge in [0.15, 0.2) is 11.5 Å². The van der Waals surface area contributed by atoms with E-state index in [1.165, 1.54) is 0 Å². The van der Waals surface area contributed by atoms with Gasteiger partial charge in [-0.25, -0.2) is 0 Å². The first kappa shape index (κ1) is 14.2. The number of hydrogen-bond acceptors (Lipinski definition) is 4. The maximum absolute atomic E-state index is 12.5. The number of benzene rings is 1. The number of rotatable bonds is 3. The van der Waals surface area contributed by atoms with Crippen LogP contribution in [-0.4, -0.2) is 25.7 Å². The molecule has 1 aromatic rings. The van der Waals surface area contributed by atoms with Crippen molar-refractivity contribution in [3.8, 4) is 11.5 Å². The van der Waals surface area contributed by atoms with Gasteiger partial charge >= 0.3 is 0 Å². The fraction of sp³-hybridized carbons (Fsp3) is 0.562. The second kappa shape index (κ2) is 5.56. The number of carbonyl (C=O) groups is 1. The van der Waals surface area contributed by atoms with Gasteiger partial charge in [0.2, 0.25) is 5.91 Å². The highest BCUT2D eigenvalue weighted by molar-refractivity contribution is 5.96. The molecule has 0 saturated heterocycles. The zero-order valence-electron chi connectivity index (χ0n) is 12.4. The van der Waals surface area contributed by atoms with Crippen LogP contribution in [-0.2, 0) is 4.79 Å². The number of amides is 1. The molecule has 3 rings (SSSR count). The van der Waals surface area contributed by atoms with Crippen LogP contribution in [0.4, 0.5) is 5.69 Å². The smallest absolute Gasteiger partial charge is 0.231 e. The van der Waals surface area contributed by atoms with Crippen LogP contribution >= 0.6 is 0 Å². The summed E-state index contributed by atoms with van der Waals surface area (Å²) >= 11 is 0. The lowest BCUT2D eigenvalue weighted by molar-refractivity contribution is -0.132. The van der Waals surface area contributed by atoms with Crippen molar-refractivity contribution < 1.29 is 14.3 Å². The molecule has 0 atom stereocenters. The van der Waals surface area contributed by atoms with Gasteiger partial charge in [-0.15, -0.1) is 0 Å². The molecule has 0 aromatic heterocycles. The molecule has 21 heavy (non-hydrogen) atoms. The number of hydrogen-bond donors (Lipinski definition) is 2. The quantitative estimate of drug-likeness (QED) is 0.894. The molecule has 1 aromatic carbocycles. The van der Waals surface area contributed by atoms with E-state index in [1.54, 1.807) is 0 Å². The molecule has 5 nitrogen and oxygen atoms in total. The van der Waals surface area contributed by atoms with Gasteiger partial charge in [-0.1, -0.05) is 6.92 Å². The Labute approximate surface area is 124 Å².